The van der Waals surface area contributed by atoms with E-state index < -0.39 is 0 Å². The first-order valence-corrected chi connectivity index (χ1v) is 9.60. The molecule has 2 aromatic rings. The quantitative estimate of drug-likeness (QED) is 0.610. The summed E-state index contributed by atoms with van der Waals surface area (Å²) in [4.78, 5) is 16.4. The normalized spacial score (nSPS) is 16.6. The summed E-state index contributed by atoms with van der Waals surface area (Å²) in [6.07, 6.45) is 7.35. The van der Waals surface area contributed by atoms with Gasteiger partial charge in [0.15, 0.2) is 5.82 Å². The molecule has 1 aliphatic carbocycles. The van der Waals surface area contributed by atoms with Crippen molar-refractivity contribution >= 4 is 35.1 Å². The van der Waals surface area contributed by atoms with Gasteiger partial charge in [-0.05, 0) is 31.9 Å². The van der Waals surface area contributed by atoms with Crippen molar-refractivity contribution in [3.63, 3.8) is 0 Å². The highest BCUT2D eigenvalue weighted by Gasteiger charge is 2.24. The van der Waals surface area contributed by atoms with Crippen molar-refractivity contribution in [1.82, 2.24) is 19.9 Å². The zero-order valence-corrected chi connectivity index (χ0v) is 15.6. The lowest BCUT2D eigenvalue weighted by molar-refractivity contribution is -0.115. The maximum Gasteiger partial charge on any atom is 0.238 e. The Morgan fingerprint density at radius 3 is 2.80 bits per heavy atom. The fraction of sp³-hybridized carbons (Fsp3) is 0.500. The van der Waals surface area contributed by atoms with Gasteiger partial charge in [0.25, 0.3) is 0 Å². The molecule has 2 heterocycles. The van der Waals surface area contributed by atoms with E-state index >= 15 is 0 Å². The molecule has 9 heteroatoms. The molecule has 134 valence electrons. The summed E-state index contributed by atoms with van der Waals surface area (Å²) in [6, 6.07) is 3.33. The lowest BCUT2D eigenvalue weighted by Gasteiger charge is -2.20. The van der Waals surface area contributed by atoms with Crippen molar-refractivity contribution in [2.45, 2.75) is 55.4 Å². The molecule has 0 bridgehead atoms. The number of nitrogens with two attached hydrogens (primary N) is 1. The van der Waals surface area contributed by atoms with E-state index in [4.69, 9.17) is 17.4 Å². The number of carbonyl (C=O) groups excluding carboxylic acids is 1. The number of thioether (sulfide) groups is 1. The number of pyridine rings is 1. The molecular formula is C16H21ClN6OS. The van der Waals surface area contributed by atoms with Gasteiger partial charge in [-0.15, -0.1) is 10.2 Å². The van der Waals surface area contributed by atoms with Crippen molar-refractivity contribution in [1.29, 1.82) is 0 Å². The minimum absolute atomic E-state index is 0.179. The number of nitrogens with one attached hydrogen (secondary N) is 1. The molecule has 0 radical (unpaired) electrons. The van der Waals surface area contributed by atoms with Crippen LogP contribution in [0.1, 0.15) is 50.8 Å². The number of carbonyl (C=O) groups is 1. The van der Waals surface area contributed by atoms with Crippen LogP contribution in [0.25, 0.3) is 0 Å². The van der Waals surface area contributed by atoms with Gasteiger partial charge >= 0.3 is 0 Å². The monoisotopic (exact) mass is 380 g/mol. The van der Waals surface area contributed by atoms with Crippen molar-refractivity contribution in [2.75, 3.05) is 11.2 Å². The van der Waals surface area contributed by atoms with Gasteiger partial charge in [0.05, 0.1) is 10.3 Å². The summed E-state index contributed by atoms with van der Waals surface area (Å²) in [5, 5.41) is 11.9. The molecule has 7 nitrogen and oxygen atoms in total. The maximum absolute atomic E-state index is 12.3. The molecule has 0 spiro atoms. The first-order valence-electron chi connectivity index (χ1n) is 8.34. The Labute approximate surface area is 155 Å². The minimum Gasteiger partial charge on any atom is -0.336 e. The smallest absolute Gasteiger partial charge is 0.238 e. The molecule has 0 aromatic carbocycles. The Hall–Kier alpha value is -1.80. The molecule has 0 saturated heterocycles. The van der Waals surface area contributed by atoms with Crippen LogP contribution in [0.3, 0.4) is 0 Å². The number of aromatic nitrogens is 4. The first kappa shape index (κ1) is 18.0. The zero-order chi connectivity index (χ0) is 17.8. The second kappa shape index (κ2) is 8.05. The Bertz CT molecular complexity index is 729. The summed E-state index contributed by atoms with van der Waals surface area (Å²) < 4.78 is 1.53. The van der Waals surface area contributed by atoms with Crippen LogP contribution in [-0.4, -0.2) is 31.0 Å². The van der Waals surface area contributed by atoms with E-state index in [1.807, 2.05) is 0 Å². The number of nitrogen functional groups attached to an aromatic ring is 1. The van der Waals surface area contributed by atoms with E-state index in [0.29, 0.717) is 21.9 Å². The van der Waals surface area contributed by atoms with Crippen LogP contribution < -0.4 is 11.2 Å². The van der Waals surface area contributed by atoms with Crippen LogP contribution >= 0.6 is 23.4 Å². The average molecular weight is 381 g/mol. The maximum atomic E-state index is 12.3. The van der Waals surface area contributed by atoms with E-state index in [1.54, 1.807) is 19.1 Å². The molecule has 1 fully saturated rings. The Kier molecular flexibility index (Phi) is 5.80. The lowest BCUT2D eigenvalue weighted by atomic mass is 9.89. The van der Waals surface area contributed by atoms with Crippen LogP contribution in [0.15, 0.2) is 23.5 Å². The molecule has 1 unspecified atom stereocenters. The number of rotatable bonds is 5. The van der Waals surface area contributed by atoms with Gasteiger partial charge in [-0.25, -0.2) is 9.66 Å². The number of nitrogens with zero attached hydrogens (tertiary/aromatic N) is 4. The van der Waals surface area contributed by atoms with Crippen LogP contribution in [0, 0.1) is 0 Å². The summed E-state index contributed by atoms with van der Waals surface area (Å²) in [7, 11) is 0. The fourth-order valence-corrected chi connectivity index (χ4v) is 3.79. The third-order valence-corrected chi connectivity index (χ3v) is 5.57. The molecule has 3 N–H and O–H groups in total. The molecule has 0 aliphatic heterocycles. The number of hydrogen-bond acceptors (Lipinski definition) is 6. The minimum atomic E-state index is -0.386. The molecule has 1 saturated carbocycles. The Morgan fingerprint density at radius 2 is 2.12 bits per heavy atom. The van der Waals surface area contributed by atoms with Crippen molar-refractivity contribution in [3.05, 3.63) is 29.2 Å². The number of halogens is 1. The molecule has 3 rings (SSSR count). The number of amides is 1. The van der Waals surface area contributed by atoms with Gasteiger partial charge in [0.1, 0.15) is 5.82 Å². The third kappa shape index (κ3) is 4.43. The highest BCUT2D eigenvalue weighted by atomic mass is 35.5. The van der Waals surface area contributed by atoms with E-state index in [2.05, 4.69) is 20.5 Å². The predicted octanol–water partition coefficient (Wildman–Crippen LogP) is 3.21. The topological polar surface area (TPSA) is 98.7 Å². The van der Waals surface area contributed by atoms with Gasteiger partial charge in [-0.2, -0.15) is 0 Å². The van der Waals surface area contributed by atoms with Crippen molar-refractivity contribution in [3.8, 4) is 0 Å². The Morgan fingerprint density at radius 1 is 1.36 bits per heavy atom. The van der Waals surface area contributed by atoms with E-state index in [9.17, 15) is 4.79 Å². The summed E-state index contributed by atoms with van der Waals surface area (Å²) in [5.41, 5.74) is 0. The third-order valence-electron chi connectivity index (χ3n) is 4.29. The highest BCUT2D eigenvalue weighted by molar-refractivity contribution is 8.00. The summed E-state index contributed by atoms with van der Waals surface area (Å²) >= 11 is 7.07. The Balaban J connectivity index is 1.62. The first-order chi connectivity index (χ1) is 12.0. The second-order valence-corrected chi connectivity index (χ2v) is 7.90. The predicted molar refractivity (Wildman–Crippen MR) is 99.2 cm³/mol. The molecule has 1 atom stereocenters. The van der Waals surface area contributed by atoms with Gasteiger partial charge in [0, 0.05) is 12.1 Å². The van der Waals surface area contributed by atoms with E-state index in [1.165, 1.54) is 41.9 Å². The average Bonchev–Trinajstić information content (AvgIpc) is 2.98. The van der Waals surface area contributed by atoms with Crippen LogP contribution in [0.5, 0.6) is 0 Å². The lowest BCUT2D eigenvalue weighted by Crippen LogP contribution is -2.24. The highest BCUT2D eigenvalue weighted by Crippen LogP contribution is 2.32. The molecule has 25 heavy (non-hydrogen) atoms. The summed E-state index contributed by atoms with van der Waals surface area (Å²) in [6.45, 7) is 1.80. The van der Waals surface area contributed by atoms with Gasteiger partial charge in [0.2, 0.25) is 11.1 Å². The van der Waals surface area contributed by atoms with Gasteiger partial charge in [-0.3, -0.25) is 4.79 Å². The SMILES string of the molecule is CC(Sc1nnc(C2CCCCC2)n1N)C(=O)Nc1ccc(Cl)cn1. The fourth-order valence-electron chi connectivity index (χ4n) is 2.90. The van der Waals surface area contributed by atoms with Crippen molar-refractivity contribution < 1.29 is 4.79 Å². The summed E-state index contributed by atoms with van der Waals surface area (Å²) in [5.74, 6) is 7.62. The zero-order valence-electron chi connectivity index (χ0n) is 14.0. The van der Waals surface area contributed by atoms with E-state index in [-0.39, 0.29) is 11.2 Å². The van der Waals surface area contributed by atoms with Crippen LogP contribution in [0.4, 0.5) is 5.82 Å². The second-order valence-electron chi connectivity index (χ2n) is 6.16. The largest absolute Gasteiger partial charge is 0.336 e. The number of hydrogen-bond donors (Lipinski definition) is 2. The molecule has 1 amide bonds. The number of anilines is 1. The van der Waals surface area contributed by atoms with Crippen molar-refractivity contribution in [2.24, 2.45) is 0 Å². The van der Waals surface area contributed by atoms with E-state index in [0.717, 1.165) is 18.7 Å². The van der Waals surface area contributed by atoms with Crippen LogP contribution in [0.2, 0.25) is 5.02 Å². The van der Waals surface area contributed by atoms with Gasteiger partial charge in [-0.1, -0.05) is 42.6 Å². The molecule has 1 aliphatic rings. The van der Waals surface area contributed by atoms with Gasteiger partial charge < -0.3 is 11.2 Å². The van der Waals surface area contributed by atoms with Crippen LogP contribution in [-0.2, 0) is 4.79 Å². The molecular weight excluding hydrogens is 360 g/mol. The molecule has 2 aromatic heterocycles. The standard InChI is InChI=1S/C16H21ClN6OS/c1-10(15(24)20-13-8-7-12(17)9-19-13)25-16-22-21-14(23(16)18)11-5-3-2-4-6-11/h7-11H,2-6,18H2,1H3,(H,19,20,24).